The summed E-state index contributed by atoms with van der Waals surface area (Å²) in [5, 5.41) is 17.2. The van der Waals surface area contributed by atoms with Crippen LogP contribution in [0.2, 0.25) is 5.02 Å². The van der Waals surface area contributed by atoms with Gasteiger partial charge in [-0.2, -0.15) is 0 Å². The van der Waals surface area contributed by atoms with Gasteiger partial charge in [-0.1, -0.05) is 23.7 Å². The molecular weight excluding hydrogens is 390 g/mol. The van der Waals surface area contributed by atoms with E-state index >= 15 is 0 Å². The van der Waals surface area contributed by atoms with E-state index in [1.165, 1.54) is 12.8 Å². The second-order valence-corrected chi connectivity index (χ2v) is 8.79. The number of hydrogen-bond acceptors (Lipinski definition) is 6. The molecule has 152 valence electrons. The van der Waals surface area contributed by atoms with Crippen molar-refractivity contribution < 1.29 is 9.90 Å². The molecule has 0 amide bonds. The van der Waals surface area contributed by atoms with E-state index in [1.54, 1.807) is 0 Å². The standard InChI is InChI=1S/C21H24ClN5O2/c1-11(13-4-5-13)23-17-16-18(25-19(24-17)21(28)29)26-20(14-6-7-14)27(16)10-12-2-8-15(22)9-3-12/h2-3,8-9,11,13-14,20H,4-7,10H2,1H3,(H,28,29)(H2,23,24,25,26)/t11-,20?/m1/s1. The van der Waals surface area contributed by atoms with Crippen LogP contribution < -0.4 is 15.5 Å². The van der Waals surface area contributed by atoms with Crippen molar-refractivity contribution in [2.75, 3.05) is 15.5 Å². The summed E-state index contributed by atoms with van der Waals surface area (Å²) in [6, 6.07) is 8.08. The smallest absolute Gasteiger partial charge is 0.374 e. The van der Waals surface area contributed by atoms with E-state index in [9.17, 15) is 9.90 Å². The van der Waals surface area contributed by atoms with Crippen molar-refractivity contribution >= 4 is 34.9 Å². The van der Waals surface area contributed by atoms with E-state index in [4.69, 9.17) is 11.6 Å². The maximum absolute atomic E-state index is 11.6. The number of benzene rings is 1. The fourth-order valence-electron chi connectivity index (χ4n) is 4.06. The van der Waals surface area contributed by atoms with Crippen molar-refractivity contribution in [2.45, 2.75) is 51.4 Å². The van der Waals surface area contributed by atoms with Crippen LogP contribution in [0.1, 0.15) is 48.8 Å². The molecule has 2 fully saturated rings. The number of fused-ring (bicyclic) bond motifs is 1. The molecule has 7 nitrogen and oxygen atoms in total. The van der Waals surface area contributed by atoms with E-state index in [2.05, 4.69) is 32.4 Å². The molecular formula is C21H24ClN5O2. The van der Waals surface area contributed by atoms with Crippen molar-refractivity contribution in [3.8, 4) is 0 Å². The summed E-state index contributed by atoms with van der Waals surface area (Å²) in [5.41, 5.74) is 2.01. The number of nitrogens with one attached hydrogen (secondary N) is 2. The highest BCUT2D eigenvalue weighted by Gasteiger charge is 2.43. The van der Waals surface area contributed by atoms with Crippen LogP contribution in [0.4, 0.5) is 17.3 Å². The van der Waals surface area contributed by atoms with Crippen molar-refractivity contribution in [3.63, 3.8) is 0 Å². The van der Waals surface area contributed by atoms with Crippen molar-refractivity contribution in [3.05, 3.63) is 40.7 Å². The molecule has 0 spiro atoms. The predicted molar refractivity (Wildman–Crippen MR) is 113 cm³/mol. The molecule has 29 heavy (non-hydrogen) atoms. The van der Waals surface area contributed by atoms with Crippen LogP contribution >= 0.6 is 11.6 Å². The van der Waals surface area contributed by atoms with Crippen molar-refractivity contribution in [1.29, 1.82) is 0 Å². The molecule has 5 rings (SSSR count). The molecule has 1 aliphatic heterocycles. The van der Waals surface area contributed by atoms with Crippen LogP contribution in [0.3, 0.4) is 0 Å². The zero-order chi connectivity index (χ0) is 20.1. The van der Waals surface area contributed by atoms with Gasteiger partial charge in [0.25, 0.3) is 0 Å². The van der Waals surface area contributed by atoms with Crippen LogP contribution in [-0.4, -0.2) is 33.3 Å². The number of carbonyl (C=O) groups is 1. The summed E-state index contributed by atoms with van der Waals surface area (Å²) >= 11 is 6.05. The van der Waals surface area contributed by atoms with Gasteiger partial charge >= 0.3 is 5.97 Å². The summed E-state index contributed by atoms with van der Waals surface area (Å²) in [7, 11) is 0. The lowest BCUT2D eigenvalue weighted by Gasteiger charge is -2.28. The summed E-state index contributed by atoms with van der Waals surface area (Å²) in [5.74, 6) is 1.07. The Morgan fingerprint density at radius 3 is 2.62 bits per heavy atom. The van der Waals surface area contributed by atoms with E-state index in [0.717, 1.165) is 24.1 Å². The van der Waals surface area contributed by atoms with E-state index in [1.807, 2.05) is 24.3 Å². The number of aromatic nitrogens is 2. The van der Waals surface area contributed by atoms with Crippen LogP contribution in [0.25, 0.3) is 0 Å². The van der Waals surface area contributed by atoms with Crippen LogP contribution in [-0.2, 0) is 6.54 Å². The first-order valence-electron chi connectivity index (χ1n) is 10.2. The molecule has 1 aromatic carbocycles. The molecule has 0 radical (unpaired) electrons. The minimum Gasteiger partial charge on any atom is -0.475 e. The predicted octanol–water partition coefficient (Wildman–Crippen LogP) is 4.21. The van der Waals surface area contributed by atoms with Gasteiger partial charge in [-0.25, -0.2) is 14.8 Å². The van der Waals surface area contributed by atoms with Crippen LogP contribution in [0, 0.1) is 11.8 Å². The molecule has 2 heterocycles. The van der Waals surface area contributed by atoms with Gasteiger partial charge in [0.05, 0.1) is 0 Å². The highest BCUT2D eigenvalue weighted by molar-refractivity contribution is 6.30. The molecule has 8 heteroatoms. The molecule has 1 unspecified atom stereocenters. The van der Waals surface area contributed by atoms with Gasteiger partial charge < -0.3 is 20.6 Å². The molecule has 2 saturated carbocycles. The average molecular weight is 414 g/mol. The van der Waals surface area contributed by atoms with Crippen LogP contribution in [0.5, 0.6) is 0 Å². The lowest BCUT2D eigenvalue weighted by atomic mass is 10.1. The van der Waals surface area contributed by atoms with Crippen molar-refractivity contribution in [1.82, 2.24) is 9.97 Å². The highest BCUT2D eigenvalue weighted by Crippen LogP contribution is 2.47. The Labute approximate surface area is 174 Å². The number of anilines is 3. The van der Waals surface area contributed by atoms with Gasteiger partial charge in [-0.15, -0.1) is 0 Å². The summed E-state index contributed by atoms with van der Waals surface area (Å²) in [6.45, 7) is 2.82. The van der Waals surface area contributed by atoms with Gasteiger partial charge in [-0.3, -0.25) is 0 Å². The number of nitrogens with zero attached hydrogens (tertiary/aromatic N) is 3. The largest absolute Gasteiger partial charge is 0.475 e. The normalized spacial score (nSPS) is 21.4. The number of rotatable bonds is 7. The Morgan fingerprint density at radius 1 is 1.28 bits per heavy atom. The number of hydrogen-bond donors (Lipinski definition) is 3. The highest BCUT2D eigenvalue weighted by atomic mass is 35.5. The van der Waals surface area contributed by atoms with Gasteiger partial charge in [0.15, 0.2) is 11.6 Å². The monoisotopic (exact) mass is 413 g/mol. The molecule has 0 bridgehead atoms. The second kappa shape index (κ2) is 7.06. The molecule has 2 aliphatic carbocycles. The van der Waals surface area contributed by atoms with E-state index in [0.29, 0.717) is 35.0 Å². The molecule has 3 N–H and O–H groups in total. The fourth-order valence-corrected chi connectivity index (χ4v) is 4.18. The minimum absolute atomic E-state index is 0.0933. The van der Waals surface area contributed by atoms with Gasteiger partial charge in [0.2, 0.25) is 5.82 Å². The molecule has 1 aromatic heterocycles. The SMILES string of the molecule is C[C@@H](Nc1nc(C(=O)O)nc2c1N(Cc1ccc(Cl)cc1)C(C1CC1)N2)C1CC1. The Morgan fingerprint density at radius 2 is 2.00 bits per heavy atom. The minimum atomic E-state index is -1.11. The van der Waals surface area contributed by atoms with E-state index < -0.39 is 5.97 Å². The van der Waals surface area contributed by atoms with Crippen molar-refractivity contribution in [2.24, 2.45) is 11.8 Å². The third-order valence-corrected chi connectivity index (χ3v) is 6.26. The Bertz CT molecular complexity index is 943. The van der Waals surface area contributed by atoms with E-state index in [-0.39, 0.29) is 18.0 Å². The quantitative estimate of drug-likeness (QED) is 0.626. The maximum atomic E-state index is 11.6. The molecule has 3 aliphatic rings. The number of halogens is 1. The van der Waals surface area contributed by atoms with Gasteiger partial charge in [0, 0.05) is 17.6 Å². The lowest BCUT2D eigenvalue weighted by molar-refractivity contribution is 0.0684. The number of aromatic carboxylic acids is 1. The lowest BCUT2D eigenvalue weighted by Crippen LogP contribution is -2.37. The zero-order valence-electron chi connectivity index (χ0n) is 16.2. The molecule has 2 aromatic rings. The summed E-state index contributed by atoms with van der Waals surface area (Å²) in [4.78, 5) is 22.6. The fraction of sp³-hybridized carbons (Fsp3) is 0.476. The maximum Gasteiger partial charge on any atom is 0.374 e. The topological polar surface area (TPSA) is 90.4 Å². The Balaban J connectivity index is 1.54. The number of carboxylic acids is 1. The first-order chi connectivity index (χ1) is 14.0. The molecule has 0 saturated heterocycles. The van der Waals surface area contributed by atoms with Gasteiger partial charge in [0.1, 0.15) is 11.9 Å². The first-order valence-corrected chi connectivity index (χ1v) is 10.6. The number of carboxylic acid groups (broad SMARTS) is 1. The summed E-state index contributed by atoms with van der Waals surface area (Å²) in [6.07, 6.45) is 4.80. The second-order valence-electron chi connectivity index (χ2n) is 8.35. The van der Waals surface area contributed by atoms with Crippen LogP contribution in [0.15, 0.2) is 24.3 Å². The summed E-state index contributed by atoms with van der Waals surface area (Å²) < 4.78 is 0. The average Bonchev–Trinajstić information content (AvgIpc) is 3.60. The Hall–Kier alpha value is -2.54. The Kier molecular flexibility index (Phi) is 4.50. The third kappa shape index (κ3) is 3.71. The third-order valence-electron chi connectivity index (χ3n) is 6.01. The first kappa shape index (κ1) is 18.5. The van der Waals surface area contributed by atoms with Gasteiger partial charge in [-0.05, 0) is 62.1 Å². The zero-order valence-corrected chi connectivity index (χ0v) is 17.0. The molecule has 2 atom stereocenters.